The number of hydrogen-bond donors (Lipinski definition) is 2. The van der Waals surface area contributed by atoms with E-state index in [2.05, 4.69) is 9.71 Å². The third kappa shape index (κ3) is 4.42. The lowest BCUT2D eigenvalue weighted by Crippen LogP contribution is -2.49. The van der Waals surface area contributed by atoms with Crippen LogP contribution in [0.4, 0.5) is 5.69 Å². The number of aliphatic carboxylic acids is 1. The normalized spacial score (nSPS) is 19.8. The van der Waals surface area contributed by atoms with Crippen molar-refractivity contribution < 1.29 is 23.2 Å². The van der Waals surface area contributed by atoms with Gasteiger partial charge in [-0.3, -0.25) is 19.9 Å². The Hall–Kier alpha value is -3.63. The van der Waals surface area contributed by atoms with Crippen molar-refractivity contribution >= 4 is 21.7 Å². The largest absolute Gasteiger partial charge is 0.481 e. The maximum Gasteiger partial charge on any atom is 0.314 e. The molecule has 2 atom stereocenters. The van der Waals surface area contributed by atoms with Crippen molar-refractivity contribution in [1.29, 1.82) is 0 Å². The Labute approximate surface area is 196 Å². The molecule has 10 heteroatoms. The lowest BCUT2D eigenvalue weighted by atomic mass is 9.54. The summed E-state index contributed by atoms with van der Waals surface area (Å²) in [6, 6.07) is 17.3. The summed E-state index contributed by atoms with van der Waals surface area (Å²) in [7, 11) is -3.73. The fourth-order valence-electron chi connectivity index (χ4n) is 4.46. The first-order valence-electron chi connectivity index (χ1n) is 10.7. The second-order valence-electron chi connectivity index (χ2n) is 8.21. The fraction of sp³-hybridized carbons (Fsp3) is 0.250. The summed E-state index contributed by atoms with van der Waals surface area (Å²) in [5, 5.41) is 21.0. The summed E-state index contributed by atoms with van der Waals surface area (Å²) < 4.78 is 27.9. The standard InChI is InChI=1S/C24H23N3O6S/c28-23(29)24(18-6-8-20(9-7-18)27(30)31)14-12-22(24)17-4-10-21(11-5-17)34(32,33)26-16-13-19-3-1-2-15-25-19/h1-11,15,22,26H,12-14,16H2,(H,28,29). The van der Waals surface area contributed by atoms with Crippen LogP contribution in [0.25, 0.3) is 0 Å². The number of aromatic nitrogens is 1. The number of nitro benzene ring substituents is 1. The molecule has 0 spiro atoms. The van der Waals surface area contributed by atoms with Crippen molar-refractivity contribution in [1.82, 2.24) is 9.71 Å². The van der Waals surface area contributed by atoms with Crippen molar-refractivity contribution in [2.75, 3.05) is 6.54 Å². The van der Waals surface area contributed by atoms with E-state index in [9.17, 15) is 28.4 Å². The van der Waals surface area contributed by atoms with Gasteiger partial charge in [-0.2, -0.15) is 0 Å². The minimum atomic E-state index is -3.73. The van der Waals surface area contributed by atoms with Gasteiger partial charge in [0.05, 0.1) is 15.2 Å². The first kappa shape index (κ1) is 23.5. The summed E-state index contributed by atoms with van der Waals surface area (Å²) >= 11 is 0. The highest BCUT2D eigenvalue weighted by atomic mass is 32.2. The second-order valence-corrected chi connectivity index (χ2v) is 9.98. The Balaban J connectivity index is 1.51. The van der Waals surface area contributed by atoms with Crippen LogP contribution in [0.5, 0.6) is 0 Å². The molecule has 0 aliphatic heterocycles. The molecule has 1 saturated carbocycles. The van der Waals surface area contributed by atoms with Crippen molar-refractivity contribution in [3.8, 4) is 0 Å². The zero-order chi connectivity index (χ0) is 24.3. The zero-order valence-electron chi connectivity index (χ0n) is 18.1. The van der Waals surface area contributed by atoms with Gasteiger partial charge >= 0.3 is 5.97 Å². The average Bonchev–Trinajstić information content (AvgIpc) is 2.80. The maximum atomic E-state index is 12.7. The van der Waals surface area contributed by atoms with Gasteiger partial charge in [-0.05, 0) is 48.2 Å². The van der Waals surface area contributed by atoms with Gasteiger partial charge < -0.3 is 5.11 Å². The molecule has 2 N–H and O–H groups in total. The summed E-state index contributed by atoms with van der Waals surface area (Å²) in [6.07, 6.45) is 3.10. The minimum absolute atomic E-state index is 0.0906. The quantitative estimate of drug-likeness (QED) is 0.353. The van der Waals surface area contributed by atoms with E-state index in [4.69, 9.17) is 0 Å². The van der Waals surface area contributed by atoms with Crippen LogP contribution in [0.1, 0.15) is 35.6 Å². The van der Waals surface area contributed by atoms with Gasteiger partial charge in [-0.1, -0.05) is 30.3 Å². The molecule has 0 amide bonds. The van der Waals surface area contributed by atoms with E-state index in [1.807, 2.05) is 12.1 Å². The first-order valence-corrected chi connectivity index (χ1v) is 12.2. The van der Waals surface area contributed by atoms with Crippen LogP contribution in [0.2, 0.25) is 0 Å². The third-order valence-corrected chi connectivity index (χ3v) is 7.87. The molecule has 34 heavy (non-hydrogen) atoms. The number of non-ortho nitro benzene ring substituents is 1. The molecule has 176 valence electrons. The van der Waals surface area contributed by atoms with Crippen LogP contribution in [0.3, 0.4) is 0 Å². The van der Waals surface area contributed by atoms with Crippen LogP contribution < -0.4 is 4.72 Å². The molecule has 0 radical (unpaired) electrons. The highest BCUT2D eigenvalue weighted by molar-refractivity contribution is 7.89. The molecule has 1 fully saturated rings. The molecule has 4 rings (SSSR count). The number of sulfonamides is 1. The number of rotatable bonds is 9. The fourth-order valence-corrected chi connectivity index (χ4v) is 5.49. The molecule has 1 aliphatic carbocycles. The number of nitro groups is 1. The molecule has 2 unspecified atom stereocenters. The Bertz CT molecular complexity index is 1290. The van der Waals surface area contributed by atoms with E-state index < -0.39 is 26.3 Å². The molecule has 1 aromatic heterocycles. The number of nitrogens with one attached hydrogen (secondary N) is 1. The lowest BCUT2D eigenvalue weighted by Gasteiger charge is -2.47. The van der Waals surface area contributed by atoms with Crippen LogP contribution >= 0.6 is 0 Å². The Morgan fingerprint density at radius 2 is 1.82 bits per heavy atom. The number of hydrogen-bond acceptors (Lipinski definition) is 6. The van der Waals surface area contributed by atoms with Crippen LogP contribution in [0.15, 0.2) is 77.8 Å². The molecule has 9 nitrogen and oxygen atoms in total. The van der Waals surface area contributed by atoms with Gasteiger partial charge in [0.15, 0.2) is 0 Å². The maximum absolute atomic E-state index is 12.7. The lowest BCUT2D eigenvalue weighted by molar-refractivity contribution is -0.384. The van der Waals surface area contributed by atoms with Gasteiger partial charge in [0, 0.05) is 42.9 Å². The Morgan fingerprint density at radius 1 is 1.12 bits per heavy atom. The molecule has 2 aromatic carbocycles. The Morgan fingerprint density at radius 3 is 2.35 bits per heavy atom. The number of nitrogens with zero attached hydrogens (tertiary/aromatic N) is 2. The topological polar surface area (TPSA) is 140 Å². The second kappa shape index (κ2) is 9.32. The zero-order valence-corrected chi connectivity index (χ0v) is 18.9. The van der Waals surface area contributed by atoms with E-state index in [1.54, 1.807) is 24.4 Å². The summed E-state index contributed by atoms with van der Waals surface area (Å²) in [4.78, 5) is 27.0. The molecule has 1 heterocycles. The van der Waals surface area contributed by atoms with Crippen LogP contribution in [-0.4, -0.2) is 35.9 Å². The van der Waals surface area contributed by atoms with E-state index in [1.165, 1.54) is 36.4 Å². The number of benzene rings is 2. The van der Waals surface area contributed by atoms with Crippen molar-refractivity contribution in [2.24, 2.45) is 0 Å². The molecular weight excluding hydrogens is 458 g/mol. The van der Waals surface area contributed by atoms with Gasteiger partial charge in [0.25, 0.3) is 5.69 Å². The third-order valence-electron chi connectivity index (χ3n) is 6.39. The summed E-state index contributed by atoms with van der Waals surface area (Å²) in [5.41, 5.74) is 0.664. The monoisotopic (exact) mass is 481 g/mol. The van der Waals surface area contributed by atoms with Crippen molar-refractivity contribution in [2.45, 2.75) is 35.5 Å². The minimum Gasteiger partial charge on any atom is -0.481 e. The SMILES string of the molecule is O=C(O)C1(c2ccc([N+](=O)[O-])cc2)CCC1c1ccc(S(=O)(=O)NCCc2ccccn2)cc1. The van der Waals surface area contributed by atoms with E-state index in [0.717, 1.165) is 5.69 Å². The van der Waals surface area contributed by atoms with Gasteiger partial charge in [0.2, 0.25) is 10.0 Å². The van der Waals surface area contributed by atoms with Gasteiger partial charge in [-0.15, -0.1) is 0 Å². The molecule has 3 aromatic rings. The highest BCUT2D eigenvalue weighted by Gasteiger charge is 2.54. The summed E-state index contributed by atoms with van der Waals surface area (Å²) in [5.74, 6) is -1.38. The van der Waals surface area contributed by atoms with Crippen LogP contribution in [-0.2, 0) is 26.7 Å². The number of carboxylic acid groups (broad SMARTS) is 1. The van der Waals surface area contributed by atoms with E-state index in [0.29, 0.717) is 30.4 Å². The molecular formula is C24H23N3O6S. The average molecular weight is 482 g/mol. The predicted octanol–water partition coefficient (Wildman–Crippen LogP) is 3.41. The van der Waals surface area contributed by atoms with Crippen LogP contribution in [0, 0.1) is 10.1 Å². The van der Waals surface area contributed by atoms with Crippen molar-refractivity contribution in [3.05, 3.63) is 99.9 Å². The predicted molar refractivity (Wildman–Crippen MR) is 124 cm³/mol. The Kier molecular flexibility index (Phi) is 6.45. The number of pyridine rings is 1. The number of carbonyl (C=O) groups is 1. The van der Waals surface area contributed by atoms with E-state index in [-0.39, 0.29) is 23.0 Å². The molecule has 1 aliphatic rings. The van der Waals surface area contributed by atoms with Gasteiger partial charge in [-0.25, -0.2) is 13.1 Å². The molecule has 0 bridgehead atoms. The molecule has 0 saturated heterocycles. The van der Waals surface area contributed by atoms with Gasteiger partial charge in [0.1, 0.15) is 0 Å². The van der Waals surface area contributed by atoms with E-state index >= 15 is 0 Å². The first-order chi connectivity index (χ1) is 16.2. The van der Waals surface area contributed by atoms with Crippen molar-refractivity contribution in [3.63, 3.8) is 0 Å². The summed E-state index contributed by atoms with van der Waals surface area (Å²) in [6.45, 7) is 0.200. The highest BCUT2D eigenvalue weighted by Crippen LogP contribution is 2.55. The number of carboxylic acids is 1. The smallest absolute Gasteiger partial charge is 0.314 e.